The van der Waals surface area contributed by atoms with Gasteiger partial charge in [-0.15, -0.1) is 6.58 Å². The molecule has 0 aliphatic heterocycles. The summed E-state index contributed by atoms with van der Waals surface area (Å²) in [5.74, 6) is -0.342. The first-order chi connectivity index (χ1) is 13.9. The van der Waals surface area contributed by atoms with Crippen molar-refractivity contribution in [2.75, 3.05) is 16.2 Å². The van der Waals surface area contributed by atoms with Crippen LogP contribution in [0.2, 0.25) is 5.02 Å². The normalized spacial score (nSPS) is 10.9. The molecule has 5 nitrogen and oxygen atoms in total. The number of nitrogens with one attached hydrogen (secondary N) is 1. The van der Waals surface area contributed by atoms with Crippen LogP contribution in [0.1, 0.15) is 10.4 Å². The van der Waals surface area contributed by atoms with Crippen LogP contribution in [-0.4, -0.2) is 20.9 Å². The lowest BCUT2D eigenvalue weighted by Crippen LogP contribution is -2.31. The van der Waals surface area contributed by atoms with Gasteiger partial charge in [-0.05, 0) is 48.5 Å². The van der Waals surface area contributed by atoms with E-state index >= 15 is 0 Å². The molecule has 1 amide bonds. The van der Waals surface area contributed by atoms with E-state index < -0.39 is 10.0 Å². The summed E-state index contributed by atoms with van der Waals surface area (Å²) in [5.41, 5.74) is 1.32. The highest BCUT2D eigenvalue weighted by molar-refractivity contribution is 7.92. The standard InChI is InChI=1S/C22H19ClN2O3S/c1-2-16-25(29(27,28)19-8-4-3-5-9-19)18-14-12-17(13-15-18)22(26)24-21-11-7-6-10-20(21)23/h2-15H,1,16H2,(H,24,26). The molecule has 0 aliphatic carbocycles. The molecular weight excluding hydrogens is 408 g/mol. The van der Waals surface area contributed by atoms with Crippen LogP contribution in [0.3, 0.4) is 0 Å². The number of rotatable bonds is 7. The molecule has 7 heteroatoms. The van der Waals surface area contributed by atoms with Crippen molar-refractivity contribution in [2.45, 2.75) is 4.90 Å². The van der Waals surface area contributed by atoms with Crippen LogP contribution < -0.4 is 9.62 Å². The molecule has 0 aromatic heterocycles. The second-order valence-electron chi connectivity index (χ2n) is 6.12. The monoisotopic (exact) mass is 426 g/mol. The molecule has 0 heterocycles. The molecule has 3 rings (SSSR count). The summed E-state index contributed by atoms with van der Waals surface area (Å²) in [7, 11) is -3.76. The third-order valence-electron chi connectivity index (χ3n) is 4.17. The van der Waals surface area contributed by atoms with E-state index in [1.54, 1.807) is 66.7 Å². The molecule has 148 valence electrons. The van der Waals surface area contributed by atoms with E-state index in [0.29, 0.717) is 22.0 Å². The van der Waals surface area contributed by atoms with Crippen molar-refractivity contribution in [3.63, 3.8) is 0 Å². The number of para-hydroxylation sites is 1. The fourth-order valence-electron chi connectivity index (χ4n) is 2.72. The van der Waals surface area contributed by atoms with Gasteiger partial charge in [-0.1, -0.05) is 48.0 Å². The van der Waals surface area contributed by atoms with Crippen molar-refractivity contribution in [3.05, 3.63) is 102 Å². The van der Waals surface area contributed by atoms with E-state index in [4.69, 9.17) is 11.6 Å². The second-order valence-corrected chi connectivity index (χ2v) is 8.39. The molecular formula is C22H19ClN2O3S. The molecule has 0 saturated carbocycles. The van der Waals surface area contributed by atoms with E-state index in [1.807, 2.05) is 0 Å². The van der Waals surface area contributed by atoms with Gasteiger partial charge in [0.25, 0.3) is 15.9 Å². The van der Waals surface area contributed by atoms with Gasteiger partial charge in [0.2, 0.25) is 0 Å². The van der Waals surface area contributed by atoms with Crippen LogP contribution >= 0.6 is 11.6 Å². The maximum absolute atomic E-state index is 13.0. The van der Waals surface area contributed by atoms with Crippen molar-refractivity contribution in [1.82, 2.24) is 0 Å². The van der Waals surface area contributed by atoms with Gasteiger partial charge in [-0.3, -0.25) is 9.10 Å². The van der Waals surface area contributed by atoms with Crippen LogP contribution in [0.25, 0.3) is 0 Å². The Kier molecular flexibility index (Phi) is 6.36. The van der Waals surface area contributed by atoms with Crippen molar-refractivity contribution in [3.8, 4) is 0 Å². The Morgan fingerprint density at radius 3 is 2.21 bits per heavy atom. The minimum Gasteiger partial charge on any atom is -0.321 e. The molecule has 0 unspecified atom stereocenters. The molecule has 0 radical (unpaired) electrons. The average Bonchev–Trinajstić information content (AvgIpc) is 2.74. The summed E-state index contributed by atoms with van der Waals surface area (Å²) < 4.78 is 27.2. The van der Waals surface area contributed by atoms with Crippen molar-refractivity contribution in [1.29, 1.82) is 0 Å². The van der Waals surface area contributed by atoms with Gasteiger partial charge in [-0.2, -0.15) is 0 Å². The summed E-state index contributed by atoms with van der Waals surface area (Å²) >= 11 is 6.07. The van der Waals surface area contributed by atoms with Gasteiger partial charge in [0, 0.05) is 5.56 Å². The van der Waals surface area contributed by atoms with Crippen LogP contribution in [0, 0.1) is 0 Å². The third kappa shape index (κ3) is 4.67. The number of carbonyl (C=O) groups is 1. The lowest BCUT2D eigenvalue weighted by atomic mass is 10.2. The Morgan fingerprint density at radius 1 is 0.966 bits per heavy atom. The Labute approximate surface area is 175 Å². The van der Waals surface area contributed by atoms with Crippen LogP contribution in [-0.2, 0) is 10.0 Å². The molecule has 0 atom stereocenters. The molecule has 0 aliphatic rings. The number of carbonyl (C=O) groups excluding carboxylic acids is 1. The number of sulfonamides is 1. The van der Waals surface area contributed by atoms with Crippen LogP contribution in [0.5, 0.6) is 0 Å². The second kappa shape index (κ2) is 8.94. The number of hydrogen-bond acceptors (Lipinski definition) is 3. The van der Waals surface area contributed by atoms with Gasteiger partial charge >= 0.3 is 0 Å². The highest BCUT2D eigenvalue weighted by Crippen LogP contribution is 2.25. The lowest BCUT2D eigenvalue weighted by molar-refractivity contribution is 0.102. The van der Waals surface area contributed by atoms with E-state index in [0.717, 1.165) is 0 Å². The van der Waals surface area contributed by atoms with Crippen LogP contribution in [0.4, 0.5) is 11.4 Å². The zero-order chi connectivity index (χ0) is 20.9. The molecule has 1 N–H and O–H groups in total. The third-order valence-corrected chi connectivity index (χ3v) is 6.30. The number of halogens is 1. The Morgan fingerprint density at radius 2 is 1.59 bits per heavy atom. The molecule has 0 bridgehead atoms. The molecule has 3 aromatic rings. The first-order valence-corrected chi connectivity index (χ1v) is 10.6. The van der Waals surface area contributed by atoms with Crippen LogP contribution in [0.15, 0.2) is 96.4 Å². The summed E-state index contributed by atoms with van der Waals surface area (Å²) in [6.07, 6.45) is 1.51. The maximum Gasteiger partial charge on any atom is 0.264 e. The first kappa shape index (κ1) is 20.6. The predicted molar refractivity (Wildman–Crippen MR) is 117 cm³/mol. The fraction of sp³-hybridized carbons (Fsp3) is 0.0455. The smallest absolute Gasteiger partial charge is 0.264 e. The highest BCUT2D eigenvalue weighted by Gasteiger charge is 2.24. The number of amides is 1. The molecule has 0 spiro atoms. The average molecular weight is 427 g/mol. The van der Waals surface area contributed by atoms with Gasteiger partial charge < -0.3 is 5.32 Å². The number of nitrogens with zero attached hydrogens (tertiary/aromatic N) is 1. The quantitative estimate of drug-likeness (QED) is 0.542. The van der Waals surface area contributed by atoms with Gasteiger partial charge in [0.15, 0.2) is 0 Å². The Hall–Kier alpha value is -3.09. The largest absolute Gasteiger partial charge is 0.321 e. The Bertz CT molecular complexity index is 1110. The van der Waals surface area contributed by atoms with E-state index in [1.165, 1.54) is 22.5 Å². The van der Waals surface area contributed by atoms with Crippen molar-refractivity contribution >= 4 is 38.9 Å². The van der Waals surface area contributed by atoms with Gasteiger partial charge in [0.05, 0.1) is 27.8 Å². The Balaban J connectivity index is 1.86. The molecule has 0 saturated heterocycles. The summed E-state index contributed by atoms with van der Waals surface area (Å²) in [5, 5.41) is 3.17. The number of anilines is 2. The summed E-state index contributed by atoms with van der Waals surface area (Å²) in [6.45, 7) is 3.75. The molecule has 0 fully saturated rings. The lowest BCUT2D eigenvalue weighted by Gasteiger charge is -2.23. The zero-order valence-electron chi connectivity index (χ0n) is 15.5. The van der Waals surface area contributed by atoms with Crippen molar-refractivity contribution in [2.24, 2.45) is 0 Å². The SMILES string of the molecule is C=CCN(c1ccc(C(=O)Nc2ccccc2Cl)cc1)S(=O)(=O)c1ccccc1. The predicted octanol–water partition coefficient (Wildman–Crippen LogP) is 4.97. The number of benzene rings is 3. The minimum atomic E-state index is -3.76. The highest BCUT2D eigenvalue weighted by atomic mass is 35.5. The number of hydrogen-bond donors (Lipinski definition) is 1. The van der Waals surface area contributed by atoms with E-state index in [2.05, 4.69) is 11.9 Å². The van der Waals surface area contributed by atoms with Gasteiger partial charge in [-0.25, -0.2) is 8.42 Å². The fourth-order valence-corrected chi connectivity index (χ4v) is 4.35. The van der Waals surface area contributed by atoms with E-state index in [-0.39, 0.29) is 17.3 Å². The minimum absolute atomic E-state index is 0.0996. The molecule has 3 aromatic carbocycles. The zero-order valence-corrected chi connectivity index (χ0v) is 17.0. The van der Waals surface area contributed by atoms with E-state index in [9.17, 15) is 13.2 Å². The molecule has 29 heavy (non-hydrogen) atoms. The van der Waals surface area contributed by atoms with Gasteiger partial charge in [0.1, 0.15) is 0 Å². The topological polar surface area (TPSA) is 66.5 Å². The van der Waals surface area contributed by atoms with Crippen molar-refractivity contribution < 1.29 is 13.2 Å². The summed E-state index contributed by atoms with van der Waals surface area (Å²) in [6, 6.07) is 21.4. The first-order valence-electron chi connectivity index (χ1n) is 8.78. The maximum atomic E-state index is 13.0. The summed E-state index contributed by atoms with van der Waals surface area (Å²) in [4.78, 5) is 12.7.